The molecule has 0 aliphatic rings. The quantitative estimate of drug-likeness (QED) is 0.838. The van der Waals surface area contributed by atoms with Crippen molar-refractivity contribution in [2.45, 2.75) is 26.4 Å². The standard InChI is InChI=1S/C11H14F2O2/c1-3-4-15-11-9(12)5-8(7(2)14)6-10(11)13/h5-7,14H,3-4H2,1-2H3. The second-order valence-corrected chi connectivity index (χ2v) is 3.34. The molecule has 2 nitrogen and oxygen atoms in total. The highest BCUT2D eigenvalue weighted by atomic mass is 19.1. The number of ether oxygens (including phenoxy) is 1. The summed E-state index contributed by atoms with van der Waals surface area (Å²) in [5.74, 6) is -1.93. The molecule has 1 atom stereocenters. The van der Waals surface area contributed by atoms with Crippen LogP contribution in [-0.2, 0) is 0 Å². The number of rotatable bonds is 4. The zero-order valence-electron chi connectivity index (χ0n) is 8.76. The summed E-state index contributed by atoms with van der Waals surface area (Å²) >= 11 is 0. The average molecular weight is 216 g/mol. The largest absolute Gasteiger partial charge is 0.488 e. The summed E-state index contributed by atoms with van der Waals surface area (Å²) in [6, 6.07) is 2.16. The van der Waals surface area contributed by atoms with E-state index in [0.29, 0.717) is 6.42 Å². The molecule has 84 valence electrons. The third-order valence-corrected chi connectivity index (χ3v) is 1.95. The first-order chi connectivity index (χ1) is 7.06. The predicted molar refractivity (Wildman–Crippen MR) is 52.8 cm³/mol. The van der Waals surface area contributed by atoms with Crippen molar-refractivity contribution < 1.29 is 18.6 Å². The van der Waals surface area contributed by atoms with Crippen molar-refractivity contribution in [3.05, 3.63) is 29.3 Å². The number of aliphatic hydroxyl groups is 1. The molecule has 1 unspecified atom stereocenters. The van der Waals surface area contributed by atoms with Crippen molar-refractivity contribution >= 4 is 0 Å². The van der Waals surface area contributed by atoms with E-state index in [0.717, 1.165) is 12.1 Å². The molecule has 0 bridgehead atoms. The number of aliphatic hydroxyl groups excluding tert-OH is 1. The van der Waals surface area contributed by atoms with Crippen LogP contribution in [0.2, 0.25) is 0 Å². The smallest absolute Gasteiger partial charge is 0.190 e. The fourth-order valence-corrected chi connectivity index (χ4v) is 1.16. The maximum absolute atomic E-state index is 13.3. The lowest BCUT2D eigenvalue weighted by Crippen LogP contribution is -2.02. The molecule has 0 fully saturated rings. The van der Waals surface area contributed by atoms with Gasteiger partial charge < -0.3 is 9.84 Å². The minimum atomic E-state index is -0.894. The molecule has 1 aromatic carbocycles. The van der Waals surface area contributed by atoms with E-state index in [1.54, 1.807) is 0 Å². The lowest BCUT2D eigenvalue weighted by Gasteiger charge is -2.10. The molecule has 0 saturated heterocycles. The molecule has 1 aromatic rings. The van der Waals surface area contributed by atoms with Gasteiger partial charge in [-0.25, -0.2) is 8.78 Å². The van der Waals surface area contributed by atoms with Gasteiger partial charge >= 0.3 is 0 Å². The van der Waals surface area contributed by atoms with E-state index in [1.165, 1.54) is 6.92 Å². The van der Waals surface area contributed by atoms with Gasteiger partial charge in [-0.3, -0.25) is 0 Å². The van der Waals surface area contributed by atoms with Crippen molar-refractivity contribution in [2.24, 2.45) is 0 Å². The number of benzene rings is 1. The van der Waals surface area contributed by atoms with Gasteiger partial charge in [0.1, 0.15) is 0 Å². The summed E-state index contributed by atoms with van der Waals surface area (Å²) in [7, 11) is 0. The lowest BCUT2D eigenvalue weighted by atomic mass is 10.1. The predicted octanol–water partition coefficient (Wildman–Crippen LogP) is 2.81. The summed E-state index contributed by atoms with van der Waals surface area (Å²) in [5, 5.41) is 9.17. The monoisotopic (exact) mass is 216 g/mol. The van der Waals surface area contributed by atoms with E-state index in [-0.39, 0.29) is 17.9 Å². The highest BCUT2D eigenvalue weighted by Crippen LogP contribution is 2.26. The Hall–Kier alpha value is -1.16. The van der Waals surface area contributed by atoms with Crippen LogP contribution in [0.4, 0.5) is 8.78 Å². The maximum Gasteiger partial charge on any atom is 0.190 e. The molecule has 0 aromatic heterocycles. The Kier molecular flexibility index (Phi) is 4.03. The zero-order valence-corrected chi connectivity index (χ0v) is 8.76. The van der Waals surface area contributed by atoms with Gasteiger partial charge in [-0.05, 0) is 31.0 Å². The van der Waals surface area contributed by atoms with Gasteiger partial charge in [0.15, 0.2) is 17.4 Å². The Balaban J connectivity index is 2.99. The molecule has 0 heterocycles. The van der Waals surface area contributed by atoms with Gasteiger partial charge in [0.25, 0.3) is 0 Å². The van der Waals surface area contributed by atoms with Crippen LogP contribution >= 0.6 is 0 Å². The van der Waals surface area contributed by atoms with E-state index >= 15 is 0 Å². The topological polar surface area (TPSA) is 29.5 Å². The van der Waals surface area contributed by atoms with Crippen LogP contribution in [0.3, 0.4) is 0 Å². The van der Waals surface area contributed by atoms with Crippen LogP contribution in [0.25, 0.3) is 0 Å². The van der Waals surface area contributed by atoms with Gasteiger partial charge in [0.2, 0.25) is 0 Å². The Morgan fingerprint density at radius 3 is 2.27 bits per heavy atom. The van der Waals surface area contributed by atoms with Gasteiger partial charge in [0, 0.05) is 0 Å². The van der Waals surface area contributed by atoms with Crippen LogP contribution in [-0.4, -0.2) is 11.7 Å². The normalized spacial score (nSPS) is 12.6. The molecule has 0 saturated carbocycles. The summed E-state index contributed by atoms with van der Waals surface area (Å²) in [5.41, 5.74) is 0.203. The number of hydrogen-bond acceptors (Lipinski definition) is 2. The molecule has 1 N–H and O–H groups in total. The maximum atomic E-state index is 13.3. The van der Waals surface area contributed by atoms with Gasteiger partial charge in [-0.2, -0.15) is 0 Å². The number of halogens is 2. The minimum Gasteiger partial charge on any atom is -0.488 e. The van der Waals surface area contributed by atoms with Crippen LogP contribution in [0.1, 0.15) is 31.9 Å². The molecule has 0 radical (unpaired) electrons. The van der Waals surface area contributed by atoms with Crippen molar-refractivity contribution in [2.75, 3.05) is 6.61 Å². The average Bonchev–Trinajstić information content (AvgIpc) is 2.16. The second-order valence-electron chi connectivity index (χ2n) is 3.34. The molecule has 1 rings (SSSR count). The van der Waals surface area contributed by atoms with Crippen molar-refractivity contribution in [3.63, 3.8) is 0 Å². The van der Waals surface area contributed by atoms with Crippen LogP contribution in [0.5, 0.6) is 5.75 Å². The Labute approximate surface area is 87.5 Å². The third-order valence-electron chi connectivity index (χ3n) is 1.95. The van der Waals surface area contributed by atoms with Crippen molar-refractivity contribution in [3.8, 4) is 5.75 Å². The molecule has 0 spiro atoms. The molecule has 0 amide bonds. The first kappa shape index (κ1) is 11.9. The Morgan fingerprint density at radius 1 is 1.33 bits per heavy atom. The molecule has 0 aliphatic heterocycles. The van der Waals surface area contributed by atoms with Crippen molar-refractivity contribution in [1.29, 1.82) is 0 Å². The SMILES string of the molecule is CCCOc1c(F)cc(C(C)O)cc1F. The highest BCUT2D eigenvalue weighted by molar-refractivity contribution is 5.32. The Morgan fingerprint density at radius 2 is 1.87 bits per heavy atom. The minimum absolute atomic E-state index is 0.203. The Bertz CT molecular complexity index is 314. The highest BCUT2D eigenvalue weighted by Gasteiger charge is 2.14. The first-order valence-electron chi connectivity index (χ1n) is 4.86. The molecule has 15 heavy (non-hydrogen) atoms. The van der Waals surface area contributed by atoms with Gasteiger partial charge in [-0.1, -0.05) is 6.92 Å². The van der Waals surface area contributed by atoms with Gasteiger partial charge in [-0.15, -0.1) is 0 Å². The van der Waals surface area contributed by atoms with Crippen molar-refractivity contribution in [1.82, 2.24) is 0 Å². The second kappa shape index (κ2) is 5.07. The fraction of sp³-hybridized carbons (Fsp3) is 0.455. The van der Waals surface area contributed by atoms with Crippen LogP contribution in [0, 0.1) is 11.6 Å². The first-order valence-corrected chi connectivity index (χ1v) is 4.86. The summed E-state index contributed by atoms with van der Waals surface area (Å²) in [6.07, 6.45) is -0.217. The van der Waals surface area contributed by atoms with E-state index in [9.17, 15) is 8.78 Å². The lowest BCUT2D eigenvalue weighted by molar-refractivity contribution is 0.197. The molecule has 4 heteroatoms. The fourth-order valence-electron chi connectivity index (χ4n) is 1.16. The zero-order chi connectivity index (χ0) is 11.4. The molecule has 0 aliphatic carbocycles. The van der Waals surface area contributed by atoms with Gasteiger partial charge in [0.05, 0.1) is 12.7 Å². The summed E-state index contributed by atoms with van der Waals surface area (Å²) in [6.45, 7) is 3.56. The van der Waals surface area contributed by atoms with E-state index in [1.807, 2.05) is 6.92 Å². The number of hydrogen-bond donors (Lipinski definition) is 1. The van der Waals surface area contributed by atoms with E-state index in [2.05, 4.69) is 0 Å². The summed E-state index contributed by atoms with van der Waals surface area (Å²) < 4.78 is 31.6. The van der Waals surface area contributed by atoms with E-state index < -0.39 is 17.7 Å². The van der Waals surface area contributed by atoms with E-state index in [4.69, 9.17) is 9.84 Å². The molecular weight excluding hydrogens is 202 g/mol. The summed E-state index contributed by atoms with van der Waals surface area (Å²) in [4.78, 5) is 0. The van der Waals surface area contributed by atoms with Crippen LogP contribution in [0.15, 0.2) is 12.1 Å². The van der Waals surface area contributed by atoms with Crippen LogP contribution < -0.4 is 4.74 Å². The third kappa shape index (κ3) is 2.89. The molecular formula is C11H14F2O2.